The highest BCUT2D eigenvalue weighted by Gasteiger charge is 2.55. The monoisotopic (exact) mass is 409 g/mol. The lowest BCUT2D eigenvalue weighted by Gasteiger charge is -2.22. The minimum Gasteiger partial charge on any atom is -0.354 e. The van der Waals surface area contributed by atoms with E-state index in [-0.39, 0.29) is 18.4 Å². The van der Waals surface area contributed by atoms with Gasteiger partial charge in [0.25, 0.3) is 5.91 Å². The number of aryl methyl sites for hydroxylation is 1. The largest absolute Gasteiger partial charge is 0.354 e. The summed E-state index contributed by atoms with van der Waals surface area (Å²) >= 11 is 1.73. The topological polar surface area (TPSA) is 78.5 Å². The van der Waals surface area contributed by atoms with Gasteiger partial charge in [0.15, 0.2) is 0 Å². The van der Waals surface area contributed by atoms with Crippen LogP contribution in [0.15, 0.2) is 54.6 Å². The predicted molar refractivity (Wildman–Crippen MR) is 112 cm³/mol. The third kappa shape index (κ3) is 3.87. The average molecular weight is 410 g/mol. The molecule has 0 bridgehead atoms. The average Bonchev–Trinajstić information content (AvgIpc) is 3.22. The molecular formula is C22H23N3O3S. The molecule has 1 saturated heterocycles. The van der Waals surface area contributed by atoms with E-state index in [9.17, 15) is 14.4 Å². The van der Waals surface area contributed by atoms with Crippen LogP contribution in [0.3, 0.4) is 0 Å². The summed E-state index contributed by atoms with van der Waals surface area (Å²) in [7, 11) is 0. The van der Waals surface area contributed by atoms with Gasteiger partial charge in [-0.25, -0.2) is 4.79 Å². The molecule has 2 aromatic rings. The zero-order chi connectivity index (χ0) is 20.3. The van der Waals surface area contributed by atoms with E-state index in [4.69, 9.17) is 0 Å². The Hall–Kier alpha value is -2.80. The summed E-state index contributed by atoms with van der Waals surface area (Å²) < 4.78 is 0. The summed E-state index contributed by atoms with van der Waals surface area (Å²) in [6.45, 7) is 0.242. The third-order valence-corrected chi connectivity index (χ3v) is 6.43. The fraction of sp³-hybridized carbons (Fsp3) is 0.318. The molecule has 0 aromatic heterocycles. The molecule has 4 amide bonds. The lowest BCUT2D eigenvalue weighted by molar-refractivity contribution is -0.135. The fourth-order valence-corrected chi connectivity index (χ4v) is 4.78. The Morgan fingerprint density at radius 2 is 1.86 bits per heavy atom. The van der Waals surface area contributed by atoms with E-state index >= 15 is 0 Å². The van der Waals surface area contributed by atoms with Crippen molar-refractivity contribution in [3.8, 4) is 0 Å². The highest BCUT2D eigenvalue weighted by atomic mass is 32.2. The Bertz CT molecular complexity index is 934. The van der Waals surface area contributed by atoms with Gasteiger partial charge in [-0.1, -0.05) is 54.6 Å². The number of nitrogens with one attached hydrogen (secondary N) is 2. The van der Waals surface area contributed by atoms with E-state index in [1.807, 2.05) is 42.5 Å². The number of amides is 4. The standard InChI is InChI=1S/C22H23N3O3S/c26-19(23-12-13-29-15-16-6-2-1-3-7-16)14-25-20(27)22(24-21(25)28)11-10-17-8-4-5-9-18(17)22/h1-9H,10-15H2,(H,23,26)(H,24,28). The maximum atomic E-state index is 13.0. The minimum atomic E-state index is -1.01. The van der Waals surface area contributed by atoms with Crippen molar-refractivity contribution in [2.45, 2.75) is 24.1 Å². The molecule has 2 aromatic carbocycles. The number of carbonyl (C=O) groups excluding carboxylic acids is 3. The zero-order valence-electron chi connectivity index (χ0n) is 16.0. The molecule has 2 aliphatic rings. The van der Waals surface area contributed by atoms with Crippen LogP contribution in [-0.2, 0) is 27.3 Å². The highest BCUT2D eigenvalue weighted by Crippen LogP contribution is 2.41. The summed E-state index contributed by atoms with van der Waals surface area (Å²) in [6, 6.07) is 17.3. The molecule has 1 atom stereocenters. The smallest absolute Gasteiger partial charge is 0.325 e. The van der Waals surface area contributed by atoms with E-state index in [1.165, 1.54) is 5.56 Å². The van der Waals surface area contributed by atoms with E-state index in [2.05, 4.69) is 22.8 Å². The molecule has 29 heavy (non-hydrogen) atoms. The van der Waals surface area contributed by atoms with Gasteiger partial charge in [-0.3, -0.25) is 14.5 Å². The molecule has 2 N–H and O–H groups in total. The highest BCUT2D eigenvalue weighted by molar-refractivity contribution is 7.98. The second-order valence-corrected chi connectivity index (χ2v) is 8.38. The molecular weight excluding hydrogens is 386 g/mol. The number of hydrogen-bond donors (Lipinski definition) is 2. The molecule has 1 unspecified atom stereocenters. The molecule has 1 aliphatic heterocycles. The van der Waals surface area contributed by atoms with Gasteiger partial charge in [0, 0.05) is 18.1 Å². The number of nitrogens with zero attached hydrogens (tertiary/aromatic N) is 1. The first kappa shape index (κ1) is 19.5. The molecule has 0 radical (unpaired) electrons. The third-order valence-electron chi connectivity index (χ3n) is 5.40. The SMILES string of the molecule is O=C(CN1C(=O)NC2(CCc3ccccc32)C1=O)NCCSCc1ccccc1. The Balaban J connectivity index is 1.28. The minimum absolute atomic E-state index is 0.252. The second kappa shape index (κ2) is 8.29. The van der Waals surface area contributed by atoms with Crippen molar-refractivity contribution in [2.75, 3.05) is 18.8 Å². The number of urea groups is 1. The Morgan fingerprint density at radius 1 is 1.10 bits per heavy atom. The van der Waals surface area contributed by atoms with Crippen molar-refractivity contribution < 1.29 is 14.4 Å². The molecule has 1 heterocycles. The van der Waals surface area contributed by atoms with Gasteiger partial charge in [0.2, 0.25) is 5.91 Å². The van der Waals surface area contributed by atoms with Crippen LogP contribution in [0.5, 0.6) is 0 Å². The number of imide groups is 1. The molecule has 0 saturated carbocycles. The van der Waals surface area contributed by atoms with Gasteiger partial charge in [-0.05, 0) is 29.5 Å². The maximum absolute atomic E-state index is 13.0. The van der Waals surface area contributed by atoms with E-state index < -0.39 is 11.6 Å². The summed E-state index contributed by atoms with van der Waals surface area (Å²) in [5.74, 6) is 0.988. The van der Waals surface area contributed by atoms with Crippen molar-refractivity contribution in [2.24, 2.45) is 0 Å². The summed E-state index contributed by atoms with van der Waals surface area (Å²) in [5, 5.41) is 5.64. The van der Waals surface area contributed by atoms with Crippen molar-refractivity contribution >= 4 is 29.6 Å². The summed E-state index contributed by atoms with van der Waals surface area (Å²) in [6.07, 6.45) is 1.27. The van der Waals surface area contributed by atoms with Crippen LogP contribution in [0.4, 0.5) is 4.79 Å². The van der Waals surface area contributed by atoms with Crippen LogP contribution in [-0.4, -0.2) is 41.6 Å². The van der Waals surface area contributed by atoms with Gasteiger partial charge in [-0.2, -0.15) is 11.8 Å². The van der Waals surface area contributed by atoms with Crippen LogP contribution < -0.4 is 10.6 Å². The number of rotatable bonds is 7. The Morgan fingerprint density at radius 3 is 2.69 bits per heavy atom. The van der Waals surface area contributed by atoms with Gasteiger partial charge in [0.1, 0.15) is 12.1 Å². The first-order valence-electron chi connectivity index (χ1n) is 9.71. The molecule has 6 nitrogen and oxygen atoms in total. The van der Waals surface area contributed by atoms with Crippen LogP contribution in [0, 0.1) is 0 Å². The fourth-order valence-electron chi connectivity index (χ4n) is 3.96. The van der Waals surface area contributed by atoms with Crippen LogP contribution in [0.25, 0.3) is 0 Å². The quantitative estimate of drug-likeness (QED) is 0.544. The number of carbonyl (C=O) groups is 3. The van der Waals surface area contributed by atoms with Crippen molar-refractivity contribution in [3.05, 3.63) is 71.3 Å². The van der Waals surface area contributed by atoms with Crippen molar-refractivity contribution in [1.29, 1.82) is 0 Å². The van der Waals surface area contributed by atoms with Crippen LogP contribution in [0.2, 0.25) is 0 Å². The van der Waals surface area contributed by atoms with Crippen LogP contribution in [0.1, 0.15) is 23.1 Å². The van der Waals surface area contributed by atoms with Gasteiger partial charge < -0.3 is 10.6 Å². The van der Waals surface area contributed by atoms with E-state index in [1.54, 1.807) is 11.8 Å². The lowest BCUT2D eigenvalue weighted by Crippen LogP contribution is -2.44. The number of fused-ring (bicyclic) bond motifs is 2. The van der Waals surface area contributed by atoms with Crippen LogP contribution >= 0.6 is 11.8 Å². The Labute approximate surface area is 174 Å². The number of benzene rings is 2. The normalized spacial score (nSPS) is 20.1. The molecule has 1 spiro atoms. The summed E-state index contributed by atoms with van der Waals surface area (Å²) in [5.41, 5.74) is 2.14. The molecule has 1 aliphatic carbocycles. The summed E-state index contributed by atoms with van der Waals surface area (Å²) in [4.78, 5) is 38.8. The lowest BCUT2D eigenvalue weighted by atomic mass is 9.92. The molecule has 4 rings (SSSR count). The zero-order valence-corrected chi connectivity index (χ0v) is 16.8. The van der Waals surface area contributed by atoms with E-state index in [0.29, 0.717) is 13.0 Å². The number of thioether (sulfide) groups is 1. The first-order valence-corrected chi connectivity index (χ1v) is 10.9. The molecule has 1 fully saturated rings. The van der Waals surface area contributed by atoms with Gasteiger partial charge in [0.05, 0.1) is 0 Å². The van der Waals surface area contributed by atoms with E-state index in [0.717, 1.165) is 34.0 Å². The predicted octanol–water partition coefficient (Wildman–Crippen LogP) is 2.43. The van der Waals surface area contributed by atoms with Gasteiger partial charge in [-0.15, -0.1) is 0 Å². The van der Waals surface area contributed by atoms with Crippen molar-refractivity contribution in [3.63, 3.8) is 0 Å². The number of hydrogen-bond acceptors (Lipinski definition) is 4. The first-order chi connectivity index (χ1) is 14.1. The van der Waals surface area contributed by atoms with Gasteiger partial charge >= 0.3 is 6.03 Å². The Kier molecular flexibility index (Phi) is 5.58. The van der Waals surface area contributed by atoms with Crippen molar-refractivity contribution in [1.82, 2.24) is 15.5 Å². The molecule has 150 valence electrons. The molecule has 7 heteroatoms. The maximum Gasteiger partial charge on any atom is 0.325 e. The second-order valence-electron chi connectivity index (χ2n) is 7.27.